The number of hydrogen-bond donors (Lipinski definition) is 2. The van der Waals surface area contributed by atoms with Crippen LogP contribution in [-0.2, 0) is 6.54 Å². The fourth-order valence-corrected chi connectivity index (χ4v) is 2.25. The number of rotatable bonds is 4. The van der Waals surface area contributed by atoms with E-state index in [9.17, 15) is 5.11 Å². The van der Waals surface area contributed by atoms with Gasteiger partial charge >= 0.3 is 0 Å². The summed E-state index contributed by atoms with van der Waals surface area (Å²) in [5.74, 6) is 2.57. The van der Waals surface area contributed by atoms with Crippen molar-refractivity contribution in [2.45, 2.75) is 25.3 Å². The quantitative estimate of drug-likeness (QED) is 0.848. The molecule has 0 saturated heterocycles. The molecule has 19 heavy (non-hydrogen) atoms. The molecule has 1 heterocycles. The van der Waals surface area contributed by atoms with Gasteiger partial charge in [0.1, 0.15) is 22.0 Å². The van der Waals surface area contributed by atoms with Gasteiger partial charge in [0.2, 0.25) is 0 Å². The first-order valence-electron chi connectivity index (χ1n) is 6.27. The Morgan fingerprint density at radius 3 is 2.63 bits per heavy atom. The van der Waals surface area contributed by atoms with Gasteiger partial charge in [-0.2, -0.15) is 0 Å². The molecule has 1 fully saturated rings. The van der Waals surface area contributed by atoms with E-state index in [1.54, 1.807) is 12.1 Å². The van der Waals surface area contributed by atoms with Crippen molar-refractivity contribution in [2.24, 2.45) is 0 Å². The predicted molar refractivity (Wildman–Crippen MR) is 77.1 cm³/mol. The van der Waals surface area contributed by atoms with Crippen molar-refractivity contribution >= 4 is 21.7 Å². The molecular formula is C14H14BrN3O. The van der Waals surface area contributed by atoms with Gasteiger partial charge in [0.25, 0.3) is 0 Å². The highest BCUT2D eigenvalue weighted by atomic mass is 79.9. The van der Waals surface area contributed by atoms with E-state index in [0.717, 1.165) is 21.8 Å². The molecule has 1 aliphatic carbocycles. The van der Waals surface area contributed by atoms with Gasteiger partial charge in [0.05, 0.1) is 0 Å². The lowest BCUT2D eigenvalue weighted by molar-refractivity contribution is 0.475. The van der Waals surface area contributed by atoms with E-state index in [4.69, 9.17) is 0 Å². The van der Waals surface area contributed by atoms with Crippen LogP contribution in [0.15, 0.2) is 34.9 Å². The lowest BCUT2D eigenvalue weighted by Crippen LogP contribution is -2.04. The molecule has 3 rings (SSSR count). The van der Waals surface area contributed by atoms with E-state index < -0.39 is 0 Å². The number of halogens is 1. The summed E-state index contributed by atoms with van der Waals surface area (Å²) in [4.78, 5) is 8.92. The zero-order valence-electron chi connectivity index (χ0n) is 10.3. The van der Waals surface area contributed by atoms with Crippen molar-refractivity contribution in [2.75, 3.05) is 5.32 Å². The van der Waals surface area contributed by atoms with E-state index in [0.29, 0.717) is 12.5 Å². The van der Waals surface area contributed by atoms with Crippen molar-refractivity contribution in [3.63, 3.8) is 0 Å². The van der Waals surface area contributed by atoms with Crippen LogP contribution in [0.4, 0.5) is 5.82 Å². The highest BCUT2D eigenvalue weighted by Gasteiger charge is 2.27. The van der Waals surface area contributed by atoms with Crippen molar-refractivity contribution in [1.82, 2.24) is 9.97 Å². The van der Waals surface area contributed by atoms with Crippen molar-refractivity contribution < 1.29 is 5.11 Å². The number of nitrogens with zero attached hydrogens (tertiary/aromatic N) is 2. The highest BCUT2D eigenvalue weighted by molar-refractivity contribution is 9.10. The summed E-state index contributed by atoms with van der Waals surface area (Å²) in [6.07, 6.45) is 2.38. The Morgan fingerprint density at radius 2 is 1.95 bits per heavy atom. The third-order valence-electron chi connectivity index (χ3n) is 3.06. The number of nitrogens with one attached hydrogen (secondary N) is 1. The fraction of sp³-hybridized carbons (Fsp3) is 0.286. The number of anilines is 1. The maximum Gasteiger partial charge on any atom is 0.135 e. The summed E-state index contributed by atoms with van der Waals surface area (Å²) < 4.78 is 0.817. The van der Waals surface area contributed by atoms with Gasteiger partial charge in [0, 0.05) is 18.5 Å². The van der Waals surface area contributed by atoms with Gasteiger partial charge in [-0.1, -0.05) is 12.1 Å². The molecule has 5 heteroatoms. The first kappa shape index (κ1) is 12.4. The van der Waals surface area contributed by atoms with Crippen LogP contribution in [0.1, 0.15) is 30.1 Å². The largest absolute Gasteiger partial charge is 0.508 e. The van der Waals surface area contributed by atoms with Gasteiger partial charge in [0.15, 0.2) is 0 Å². The van der Waals surface area contributed by atoms with Crippen LogP contribution >= 0.6 is 15.9 Å². The Kier molecular flexibility index (Phi) is 3.38. The maximum absolute atomic E-state index is 9.24. The predicted octanol–water partition coefficient (Wildman–Crippen LogP) is 3.43. The molecule has 4 nitrogen and oxygen atoms in total. The van der Waals surface area contributed by atoms with Crippen LogP contribution in [-0.4, -0.2) is 15.1 Å². The molecule has 1 aromatic carbocycles. The fourth-order valence-electron chi connectivity index (χ4n) is 1.86. The summed E-state index contributed by atoms with van der Waals surface area (Å²) in [5.41, 5.74) is 1.10. The summed E-state index contributed by atoms with van der Waals surface area (Å²) in [6, 6.07) is 9.03. The van der Waals surface area contributed by atoms with Crippen molar-refractivity contribution in [1.29, 1.82) is 0 Å². The van der Waals surface area contributed by atoms with Crippen LogP contribution in [0.25, 0.3) is 0 Å². The Labute approximate surface area is 120 Å². The number of aromatic nitrogens is 2. The SMILES string of the molecule is Oc1ccc(CNc2cc(Br)nc(C3CC3)n2)cc1. The summed E-state index contributed by atoms with van der Waals surface area (Å²) in [5, 5.41) is 12.5. The number of phenolic OH excluding ortho intramolecular Hbond substituents is 1. The third kappa shape index (κ3) is 3.23. The van der Waals surface area contributed by atoms with E-state index in [2.05, 4.69) is 31.2 Å². The second-order valence-corrected chi connectivity index (χ2v) is 5.54. The highest BCUT2D eigenvalue weighted by Crippen LogP contribution is 2.38. The van der Waals surface area contributed by atoms with Gasteiger partial charge < -0.3 is 10.4 Å². The molecule has 0 bridgehead atoms. The minimum absolute atomic E-state index is 0.282. The molecule has 1 aliphatic rings. The topological polar surface area (TPSA) is 58.0 Å². The van der Waals surface area contributed by atoms with Crippen LogP contribution in [0.3, 0.4) is 0 Å². The second kappa shape index (κ2) is 5.17. The molecule has 0 unspecified atom stereocenters. The average molecular weight is 320 g/mol. The molecule has 0 aliphatic heterocycles. The molecule has 0 spiro atoms. The Morgan fingerprint density at radius 1 is 1.21 bits per heavy atom. The number of aromatic hydroxyl groups is 1. The number of phenols is 1. The Bertz CT molecular complexity index is 582. The zero-order chi connectivity index (χ0) is 13.2. The van der Waals surface area contributed by atoms with Crippen molar-refractivity contribution in [3.05, 3.63) is 46.3 Å². The van der Waals surface area contributed by atoms with Gasteiger partial charge in [-0.3, -0.25) is 0 Å². The molecular weight excluding hydrogens is 306 g/mol. The molecule has 2 aromatic rings. The summed E-state index contributed by atoms with van der Waals surface area (Å²) >= 11 is 3.42. The molecule has 2 N–H and O–H groups in total. The third-order valence-corrected chi connectivity index (χ3v) is 3.47. The Hall–Kier alpha value is -1.62. The van der Waals surface area contributed by atoms with E-state index in [1.807, 2.05) is 18.2 Å². The van der Waals surface area contributed by atoms with Crippen LogP contribution in [0.2, 0.25) is 0 Å². The lowest BCUT2D eigenvalue weighted by Gasteiger charge is -2.08. The van der Waals surface area contributed by atoms with Gasteiger partial charge in [-0.25, -0.2) is 9.97 Å². The van der Waals surface area contributed by atoms with Gasteiger partial charge in [-0.15, -0.1) is 0 Å². The molecule has 0 atom stereocenters. The molecule has 1 aromatic heterocycles. The normalized spacial score (nSPS) is 14.4. The van der Waals surface area contributed by atoms with Crippen LogP contribution in [0.5, 0.6) is 5.75 Å². The second-order valence-electron chi connectivity index (χ2n) is 4.73. The minimum atomic E-state index is 0.282. The van der Waals surface area contributed by atoms with E-state index in [-0.39, 0.29) is 5.75 Å². The molecule has 98 valence electrons. The first-order valence-corrected chi connectivity index (χ1v) is 7.06. The van der Waals surface area contributed by atoms with Crippen molar-refractivity contribution in [3.8, 4) is 5.75 Å². The standard InChI is InChI=1S/C14H14BrN3O/c15-12-7-13(18-14(17-12)10-3-4-10)16-8-9-1-5-11(19)6-2-9/h1-2,5-7,10,19H,3-4,8H2,(H,16,17,18). The van der Waals surface area contributed by atoms with Gasteiger partial charge in [-0.05, 0) is 46.5 Å². The number of hydrogen-bond acceptors (Lipinski definition) is 4. The maximum atomic E-state index is 9.24. The number of benzene rings is 1. The molecule has 0 radical (unpaired) electrons. The monoisotopic (exact) mass is 319 g/mol. The average Bonchev–Trinajstić information content (AvgIpc) is 3.22. The zero-order valence-corrected chi connectivity index (χ0v) is 11.9. The lowest BCUT2D eigenvalue weighted by atomic mass is 10.2. The van der Waals surface area contributed by atoms with E-state index >= 15 is 0 Å². The molecule has 1 saturated carbocycles. The van der Waals surface area contributed by atoms with Crippen LogP contribution < -0.4 is 5.32 Å². The Balaban J connectivity index is 1.70. The summed E-state index contributed by atoms with van der Waals surface area (Å²) in [6.45, 7) is 0.674. The smallest absolute Gasteiger partial charge is 0.135 e. The van der Waals surface area contributed by atoms with E-state index in [1.165, 1.54) is 12.8 Å². The minimum Gasteiger partial charge on any atom is -0.508 e. The first-order chi connectivity index (χ1) is 9.20. The van der Waals surface area contributed by atoms with Crippen LogP contribution in [0, 0.1) is 0 Å². The molecule has 0 amide bonds. The summed E-state index contributed by atoms with van der Waals surface area (Å²) in [7, 11) is 0.